The van der Waals surface area contributed by atoms with E-state index in [1.165, 1.54) is 12.3 Å². The number of ether oxygens (including phenoxy) is 1. The number of halogens is 1. The van der Waals surface area contributed by atoms with Crippen LogP contribution in [0.15, 0.2) is 65.7 Å². The van der Waals surface area contributed by atoms with E-state index < -0.39 is 10.0 Å². The highest BCUT2D eigenvalue weighted by molar-refractivity contribution is 9.09. The molecule has 0 radical (unpaired) electrons. The molecule has 0 aliphatic rings. The topological polar surface area (TPSA) is 68.3 Å². The molecule has 0 bridgehead atoms. The highest BCUT2D eigenvalue weighted by atomic mass is 79.9. The quantitative estimate of drug-likeness (QED) is 0.473. The fraction of sp³-hybridized carbons (Fsp3) is 0.250. The van der Waals surface area contributed by atoms with Crippen LogP contribution in [0.2, 0.25) is 0 Å². The monoisotopic (exact) mass is 448 g/mol. The Kier molecular flexibility index (Phi) is 6.34. The lowest BCUT2D eigenvalue weighted by Gasteiger charge is -2.14. The lowest BCUT2D eigenvalue weighted by molar-refractivity contribution is 0.278. The molecular weight excluding hydrogens is 428 g/mol. The predicted molar refractivity (Wildman–Crippen MR) is 112 cm³/mol. The number of pyridine rings is 1. The van der Waals surface area contributed by atoms with Gasteiger partial charge in [-0.15, -0.1) is 0 Å². The Morgan fingerprint density at radius 2 is 1.96 bits per heavy atom. The van der Waals surface area contributed by atoms with Crippen molar-refractivity contribution in [2.45, 2.75) is 36.1 Å². The van der Waals surface area contributed by atoms with E-state index in [0.717, 1.165) is 30.2 Å². The van der Waals surface area contributed by atoms with Crippen LogP contribution in [-0.4, -0.2) is 18.4 Å². The third kappa shape index (κ3) is 5.20. The summed E-state index contributed by atoms with van der Waals surface area (Å²) >= 11 is 3.47. The SMILES string of the molecule is CCCCC(Br)Oc1cccc(S(=O)(=O)Nc2cnc3ccccc3c2)c1. The first-order valence-electron chi connectivity index (χ1n) is 8.76. The van der Waals surface area contributed by atoms with Crippen molar-refractivity contribution in [2.75, 3.05) is 4.72 Å². The maximum absolute atomic E-state index is 12.7. The molecule has 3 rings (SSSR count). The van der Waals surface area contributed by atoms with Gasteiger partial charge in [0, 0.05) is 11.5 Å². The third-order valence-corrected chi connectivity index (χ3v) is 6.03. The van der Waals surface area contributed by atoms with E-state index >= 15 is 0 Å². The molecule has 0 aliphatic heterocycles. The summed E-state index contributed by atoms with van der Waals surface area (Å²) in [6, 6.07) is 15.8. The van der Waals surface area contributed by atoms with Gasteiger partial charge in [0.15, 0.2) is 5.01 Å². The van der Waals surface area contributed by atoms with Gasteiger partial charge in [-0.2, -0.15) is 0 Å². The minimum Gasteiger partial charge on any atom is -0.479 e. The summed E-state index contributed by atoms with van der Waals surface area (Å²) < 4.78 is 33.8. The number of hydrogen-bond acceptors (Lipinski definition) is 4. The molecule has 7 heteroatoms. The second-order valence-electron chi connectivity index (χ2n) is 6.17. The van der Waals surface area contributed by atoms with E-state index in [0.29, 0.717) is 11.4 Å². The van der Waals surface area contributed by atoms with E-state index in [-0.39, 0.29) is 9.91 Å². The summed E-state index contributed by atoms with van der Waals surface area (Å²) in [4.78, 5) is 4.43. The first-order chi connectivity index (χ1) is 13.0. The first-order valence-corrected chi connectivity index (χ1v) is 11.2. The maximum atomic E-state index is 12.7. The highest BCUT2D eigenvalue weighted by Gasteiger charge is 2.16. The maximum Gasteiger partial charge on any atom is 0.262 e. The van der Waals surface area contributed by atoms with Gasteiger partial charge in [-0.25, -0.2) is 8.42 Å². The summed E-state index contributed by atoms with van der Waals surface area (Å²) in [5.41, 5.74) is 1.23. The number of benzene rings is 2. The Morgan fingerprint density at radius 1 is 1.15 bits per heavy atom. The average Bonchev–Trinajstić information content (AvgIpc) is 2.66. The number of nitrogens with zero attached hydrogens (tertiary/aromatic N) is 1. The molecule has 1 aromatic heterocycles. The van der Waals surface area contributed by atoms with E-state index in [1.54, 1.807) is 24.3 Å². The van der Waals surface area contributed by atoms with Gasteiger partial charge in [0.25, 0.3) is 10.0 Å². The minimum absolute atomic E-state index is 0.142. The molecule has 0 fully saturated rings. The van der Waals surface area contributed by atoms with Crippen molar-refractivity contribution in [3.8, 4) is 5.75 Å². The molecule has 0 amide bonds. The average molecular weight is 449 g/mol. The molecule has 1 heterocycles. The van der Waals surface area contributed by atoms with Crippen molar-refractivity contribution in [1.82, 2.24) is 4.98 Å². The summed E-state index contributed by atoms with van der Waals surface area (Å²) in [5, 5.41) is 0.723. The Morgan fingerprint density at radius 3 is 2.78 bits per heavy atom. The molecule has 0 spiro atoms. The molecular formula is C20H21BrN2O3S. The number of fused-ring (bicyclic) bond motifs is 1. The van der Waals surface area contributed by atoms with Crippen molar-refractivity contribution < 1.29 is 13.2 Å². The normalized spacial score (nSPS) is 12.7. The Bertz CT molecular complexity index is 1020. The zero-order valence-electron chi connectivity index (χ0n) is 14.9. The van der Waals surface area contributed by atoms with Gasteiger partial charge in [-0.1, -0.05) is 37.6 Å². The van der Waals surface area contributed by atoms with Gasteiger partial charge in [0.05, 0.1) is 22.3 Å². The predicted octanol–water partition coefficient (Wildman–Crippen LogP) is 5.33. The summed E-state index contributed by atoms with van der Waals surface area (Å²) in [6.07, 6.45) is 4.47. The van der Waals surface area contributed by atoms with Crippen LogP contribution in [0.5, 0.6) is 5.75 Å². The van der Waals surface area contributed by atoms with Crippen molar-refractivity contribution in [3.63, 3.8) is 0 Å². The van der Waals surface area contributed by atoms with Crippen LogP contribution >= 0.6 is 15.9 Å². The first kappa shape index (κ1) is 19.6. The van der Waals surface area contributed by atoms with Crippen LogP contribution in [0.1, 0.15) is 26.2 Å². The molecule has 0 aliphatic carbocycles. The molecule has 5 nitrogen and oxygen atoms in total. The Labute approximate surface area is 168 Å². The largest absolute Gasteiger partial charge is 0.479 e. The molecule has 142 valence electrons. The zero-order chi connectivity index (χ0) is 19.3. The number of unbranched alkanes of at least 4 members (excludes halogenated alkanes) is 1. The van der Waals surface area contributed by atoms with E-state index in [4.69, 9.17) is 4.74 Å². The van der Waals surface area contributed by atoms with Crippen molar-refractivity contribution in [2.24, 2.45) is 0 Å². The molecule has 0 saturated carbocycles. The summed E-state index contributed by atoms with van der Waals surface area (Å²) in [7, 11) is -3.74. The van der Waals surface area contributed by atoms with Crippen molar-refractivity contribution >= 4 is 42.5 Å². The Balaban J connectivity index is 1.78. The number of aromatic nitrogens is 1. The van der Waals surface area contributed by atoms with Crippen molar-refractivity contribution in [3.05, 3.63) is 60.8 Å². The highest BCUT2D eigenvalue weighted by Crippen LogP contribution is 2.24. The van der Waals surface area contributed by atoms with Gasteiger partial charge in [0.2, 0.25) is 0 Å². The lowest BCUT2D eigenvalue weighted by Crippen LogP contribution is -2.14. The van der Waals surface area contributed by atoms with E-state index in [2.05, 4.69) is 32.6 Å². The number of alkyl halides is 1. The zero-order valence-corrected chi connectivity index (χ0v) is 17.3. The lowest BCUT2D eigenvalue weighted by atomic mass is 10.2. The summed E-state index contributed by atoms with van der Waals surface area (Å²) in [5.74, 6) is 0.507. The van der Waals surface area contributed by atoms with Gasteiger partial charge in [0.1, 0.15) is 5.75 Å². The molecule has 1 N–H and O–H groups in total. The smallest absolute Gasteiger partial charge is 0.262 e. The number of nitrogens with one attached hydrogen (secondary N) is 1. The Hall–Kier alpha value is -2.12. The summed E-state index contributed by atoms with van der Waals surface area (Å²) in [6.45, 7) is 2.11. The molecule has 2 aromatic carbocycles. The number of rotatable bonds is 8. The second kappa shape index (κ2) is 8.71. The van der Waals surface area contributed by atoms with Crippen LogP contribution in [0.25, 0.3) is 10.9 Å². The molecule has 1 unspecified atom stereocenters. The van der Waals surface area contributed by atoms with Crippen molar-refractivity contribution in [1.29, 1.82) is 0 Å². The molecule has 0 saturated heterocycles. The number of sulfonamides is 1. The molecule has 27 heavy (non-hydrogen) atoms. The van der Waals surface area contributed by atoms with Gasteiger partial charge >= 0.3 is 0 Å². The van der Waals surface area contributed by atoms with Gasteiger partial charge in [-0.05, 0) is 53.0 Å². The van der Waals surface area contributed by atoms with Crippen LogP contribution in [0.3, 0.4) is 0 Å². The second-order valence-corrected chi connectivity index (χ2v) is 8.87. The number of hydrogen-bond donors (Lipinski definition) is 1. The van der Waals surface area contributed by atoms with Gasteiger partial charge < -0.3 is 4.74 Å². The molecule has 1 atom stereocenters. The fourth-order valence-corrected chi connectivity index (χ4v) is 4.24. The van der Waals surface area contributed by atoms with Crippen LogP contribution in [-0.2, 0) is 10.0 Å². The minimum atomic E-state index is -3.74. The number of para-hydroxylation sites is 1. The van der Waals surface area contributed by atoms with Crippen LogP contribution in [0, 0.1) is 0 Å². The standard InChI is InChI=1S/C20H21BrN2O3S/c1-2-3-11-20(21)26-17-8-6-9-18(13-17)27(24,25)23-16-12-15-7-4-5-10-19(15)22-14-16/h4-10,12-14,20,23H,2-3,11H2,1H3. The number of anilines is 1. The fourth-order valence-electron chi connectivity index (χ4n) is 2.63. The third-order valence-electron chi connectivity index (χ3n) is 4.01. The van der Waals surface area contributed by atoms with Gasteiger partial charge in [-0.3, -0.25) is 9.71 Å². The van der Waals surface area contributed by atoms with Crippen LogP contribution in [0.4, 0.5) is 5.69 Å². The molecule has 3 aromatic rings. The van der Waals surface area contributed by atoms with E-state index in [9.17, 15) is 8.42 Å². The van der Waals surface area contributed by atoms with E-state index in [1.807, 2.05) is 24.3 Å². The van der Waals surface area contributed by atoms with Crippen LogP contribution < -0.4 is 9.46 Å².